The van der Waals surface area contributed by atoms with Crippen LogP contribution in [0.5, 0.6) is 0 Å². The third-order valence-electron chi connectivity index (χ3n) is 5.37. The molecule has 0 amide bonds. The molecule has 0 aliphatic rings. The highest BCUT2D eigenvalue weighted by Crippen LogP contribution is 2.25. The Bertz CT molecular complexity index is 1420. The van der Waals surface area contributed by atoms with Gasteiger partial charge in [-0.25, -0.2) is 4.98 Å². The molecule has 7 nitrogen and oxygen atoms in total. The van der Waals surface area contributed by atoms with Gasteiger partial charge in [-0.2, -0.15) is 9.78 Å². The second kappa shape index (κ2) is 9.08. The third kappa shape index (κ3) is 3.98. The SMILES string of the molecule is CCOC(=O)Cn1c(C)c(C=Nn2c(CC)nc3ccc(Br)cc3c2=O)c2ccccc21. The zero-order chi connectivity index (χ0) is 22.8. The van der Waals surface area contributed by atoms with E-state index in [-0.39, 0.29) is 18.1 Å². The summed E-state index contributed by atoms with van der Waals surface area (Å²) in [5.41, 5.74) is 3.03. The first-order chi connectivity index (χ1) is 15.4. The molecule has 0 fully saturated rings. The Balaban J connectivity index is 1.85. The van der Waals surface area contributed by atoms with Crippen molar-refractivity contribution in [2.75, 3.05) is 6.61 Å². The number of hydrogen-bond donors (Lipinski definition) is 0. The zero-order valence-corrected chi connectivity index (χ0v) is 19.7. The average Bonchev–Trinajstić information content (AvgIpc) is 3.04. The number of para-hydroxylation sites is 1. The molecule has 0 N–H and O–H groups in total. The summed E-state index contributed by atoms with van der Waals surface area (Å²) in [6.45, 7) is 6.10. The highest BCUT2D eigenvalue weighted by atomic mass is 79.9. The number of benzene rings is 2. The average molecular weight is 495 g/mol. The van der Waals surface area contributed by atoms with Gasteiger partial charge in [0.1, 0.15) is 12.4 Å². The number of ether oxygens (including phenoxy) is 1. The van der Waals surface area contributed by atoms with Gasteiger partial charge in [0.2, 0.25) is 0 Å². The van der Waals surface area contributed by atoms with Gasteiger partial charge in [-0.15, -0.1) is 0 Å². The van der Waals surface area contributed by atoms with Crippen molar-refractivity contribution in [1.29, 1.82) is 0 Å². The van der Waals surface area contributed by atoms with Gasteiger partial charge in [-0.1, -0.05) is 41.1 Å². The smallest absolute Gasteiger partial charge is 0.325 e. The second-order valence-electron chi connectivity index (χ2n) is 7.31. The summed E-state index contributed by atoms with van der Waals surface area (Å²) in [5.74, 6) is 0.280. The molecule has 2 aromatic heterocycles. The Morgan fingerprint density at radius 1 is 1.19 bits per heavy atom. The highest BCUT2D eigenvalue weighted by Gasteiger charge is 2.16. The van der Waals surface area contributed by atoms with E-state index in [0.29, 0.717) is 29.8 Å². The van der Waals surface area contributed by atoms with E-state index in [4.69, 9.17) is 4.74 Å². The largest absolute Gasteiger partial charge is 0.465 e. The number of rotatable bonds is 6. The topological polar surface area (TPSA) is 78.5 Å². The number of aryl methyl sites for hydroxylation is 1. The number of halogens is 1. The lowest BCUT2D eigenvalue weighted by atomic mass is 10.1. The Hall–Kier alpha value is -3.26. The van der Waals surface area contributed by atoms with Gasteiger partial charge in [-0.05, 0) is 38.1 Å². The number of carbonyl (C=O) groups is 1. The van der Waals surface area contributed by atoms with Crippen LogP contribution >= 0.6 is 15.9 Å². The van der Waals surface area contributed by atoms with Gasteiger partial charge in [0.05, 0.1) is 23.7 Å². The molecule has 4 aromatic rings. The summed E-state index contributed by atoms with van der Waals surface area (Å²) in [6.07, 6.45) is 2.23. The molecule has 0 saturated heterocycles. The van der Waals surface area contributed by atoms with Crippen molar-refractivity contribution in [3.05, 3.63) is 74.4 Å². The molecule has 0 spiro atoms. The number of esters is 1. The molecular weight excluding hydrogens is 472 g/mol. The molecule has 2 heterocycles. The zero-order valence-electron chi connectivity index (χ0n) is 18.1. The summed E-state index contributed by atoms with van der Waals surface area (Å²) >= 11 is 3.42. The predicted octanol–water partition coefficient (Wildman–Crippen LogP) is 4.43. The minimum atomic E-state index is -0.298. The van der Waals surface area contributed by atoms with E-state index in [9.17, 15) is 9.59 Å². The van der Waals surface area contributed by atoms with E-state index in [1.807, 2.05) is 54.8 Å². The number of fused-ring (bicyclic) bond motifs is 2. The Morgan fingerprint density at radius 3 is 2.72 bits per heavy atom. The maximum Gasteiger partial charge on any atom is 0.325 e. The van der Waals surface area contributed by atoms with Crippen molar-refractivity contribution in [3.63, 3.8) is 0 Å². The van der Waals surface area contributed by atoms with E-state index in [0.717, 1.165) is 26.6 Å². The summed E-state index contributed by atoms with van der Waals surface area (Å²) in [5, 5.41) is 5.98. The molecule has 164 valence electrons. The van der Waals surface area contributed by atoms with Crippen molar-refractivity contribution >= 4 is 49.9 Å². The molecule has 4 rings (SSSR count). The van der Waals surface area contributed by atoms with Crippen LogP contribution in [0.4, 0.5) is 0 Å². The predicted molar refractivity (Wildman–Crippen MR) is 129 cm³/mol. The molecule has 0 bridgehead atoms. The lowest BCUT2D eigenvalue weighted by Gasteiger charge is -2.08. The van der Waals surface area contributed by atoms with Crippen LogP contribution in [-0.4, -0.2) is 33.0 Å². The van der Waals surface area contributed by atoms with Crippen LogP contribution in [0.3, 0.4) is 0 Å². The van der Waals surface area contributed by atoms with Crippen molar-refractivity contribution in [1.82, 2.24) is 14.2 Å². The maximum atomic E-state index is 13.2. The summed E-state index contributed by atoms with van der Waals surface area (Å²) in [4.78, 5) is 29.9. The normalized spacial score (nSPS) is 11.6. The van der Waals surface area contributed by atoms with E-state index < -0.39 is 0 Å². The van der Waals surface area contributed by atoms with Gasteiger partial charge in [0.25, 0.3) is 5.56 Å². The fourth-order valence-electron chi connectivity index (χ4n) is 3.82. The first-order valence-electron chi connectivity index (χ1n) is 10.4. The fraction of sp³-hybridized carbons (Fsp3) is 0.250. The first-order valence-corrected chi connectivity index (χ1v) is 11.2. The molecule has 0 saturated carbocycles. The molecule has 0 unspecified atom stereocenters. The van der Waals surface area contributed by atoms with E-state index >= 15 is 0 Å². The van der Waals surface area contributed by atoms with Gasteiger partial charge in [0.15, 0.2) is 0 Å². The van der Waals surface area contributed by atoms with Crippen molar-refractivity contribution in [3.8, 4) is 0 Å². The summed E-state index contributed by atoms with van der Waals surface area (Å²) in [6, 6.07) is 13.2. The number of nitrogens with zero attached hydrogens (tertiary/aromatic N) is 4. The van der Waals surface area contributed by atoms with Gasteiger partial charge in [-0.3, -0.25) is 9.59 Å². The molecule has 0 aliphatic carbocycles. The van der Waals surface area contributed by atoms with Crippen LogP contribution in [0.2, 0.25) is 0 Å². The summed E-state index contributed by atoms with van der Waals surface area (Å²) < 4.78 is 9.20. The molecule has 2 aromatic carbocycles. The van der Waals surface area contributed by atoms with Gasteiger partial charge >= 0.3 is 5.97 Å². The fourth-order valence-corrected chi connectivity index (χ4v) is 4.18. The molecule has 0 aliphatic heterocycles. The molecule has 0 radical (unpaired) electrons. The third-order valence-corrected chi connectivity index (χ3v) is 5.86. The Morgan fingerprint density at radius 2 is 1.97 bits per heavy atom. The summed E-state index contributed by atoms with van der Waals surface area (Å²) in [7, 11) is 0. The number of hydrogen-bond acceptors (Lipinski definition) is 5. The molecule has 32 heavy (non-hydrogen) atoms. The highest BCUT2D eigenvalue weighted by molar-refractivity contribution is 9.10. The molecular formula is C24H23BrN4O3. The van der Waals surface area contributed by atoms with Crippen LogP contribution in [0.25, 0.3) is 21.8 Å². The Kier molecular flexibility index (Phi) is 6.23. The standard InChI is InChI=1S/C24H23BrN4O3/c1-4-22-27-20-11-10-16(25)12-18(20)24(31)29(22)26-13-19-15(3)28(14-23(30)32-5-2)21-9-7-6-8-17(19)21/h6-13H,4-5,14H2,1-3H3. The molecule has 8 heteroatoms. The first kappa shape index (κ1) is 22.0. The van der Waals surface area contributed by atoms with Crippen LogP contribution < -0.4 is 5.56 Å². The Labute approximate surface area is 193 Å². The second-order valence-corrected chi connectivity index (χ2v) is 8.23. The van der Waals surface area contributed by atoms with Gasteiger partial charge < -0.3 is 9.30 Å². The quantitative estimate of drug-likeness (QED) is 0.293. The van der Waals surface area contributed by atoms with E-state index in [1.54, 1.807) is 19.2 Å². The van der Waals surface area contributed by atoms with Crippen molar-refractivity contribution in [2.45, 2.75) is 33.7 Å². The van der Waals surface area contributed by atoms with Crippen LogP contribution in [0, 0.1) is 6.92 Å². The monoisotopic (exact) mass is 494 g/mol. The molecule has 0 atom stereocenters. The number of aromatic nitrogens is 3. The lowest BCUT2D eigenvalue weighted by molar-refractivity contribution is -0.143. The lowest BCUT2D eigenvalue weighted by Crippen LogP contribution is -2.22. The van der Waals surface area contributed by atoms with Crippen LogP contribution in [0.1, 0.15) is 30.9 Å². The van der Waals surface area contributed by atoms with E-state index in [1.165, 1.54) is 4.68 Å². The van der Waals surface area contributed by atoms with Gasteiger partial charge in [0, 0.05) is 33.1 Å². The van der Waals surface area contributed by atoms with Crippen molar-refractivity contribution in [2.24, 2.45) is 5.10 Å². The van der Waals surface area contributed by atoms with Crippen molar-refractivity contribution < 1.29 is 9.53 Å². The number of carbonyl (C=O) groups excluding carboxylic acids is 1. The maximum absolute atomic E-state index is 13.2. The van der Waals surface area contributed by atoms with Crippen LogP contribution in [0.15, 0.2) is 56.8 Å². The van der Waals surface area contributed by atoms with Crippen LogP contribution in [-0.2, 0) is 22.5 Å². The minimum absolute atomic E-state index is 0.111. The minimum Gasteiger partial charge on any atom is -0.465 e. The van der Waals surface area contributed by atoms with E-state index in [2.05, 4.69) is 26.0 Å².